The standard InChI is InChI=1S/C16H34OSi/c1-5-7-13-18(17-4,14-8-6-2)16-11-9-15(3)10-12-16/h15-16H,5-14H2,1-4H3. The summed E-state index contributed by atoms with van der Waals surface area (Å²) in [5.74, 6) is 0.960. The Kier molecular flexibility index (Phi) is 7.55. The van der Waals surface area contributed by atoms with Gasteiger partial charge in [0.15, 0.2) is 8.32 Å². The molecule has 0 spiro atoms. The smallest absolute Gasteiger partial charge is 0.195 e. The molecule has 2 heteroatoms. The number of unbranched alkanes of at least 4 members (excludes halogenated alkanes) is 2. The van der Waals surface area contributed by atoms with Crippen LogP contribution in [0, 0.1) is 5.92 Å². The summed E-state index contributed by atoms with van der Waals surface area (Å²) in [6.45, 7) is 7.06. The highest BCUT2D eigenvalue weighted by Gasteiger charge is 2.42. The van der Waals surface area contributed by atoms with Crippen LogP contribution in [0.3, 0.4) is 0 Å². The van der Waals surface area contributed by atoms with Crippen molar-refractivity contribution >= 4 is 8.32 Å². The van der Waals surface area contributed by atoms with Crippen molar-refractivity contribution in [3.8, 4) is 0 Å². The van der Waals surface area contributed by atoms with Crippen molar-refractivity contribution in [3.63, 3.8) is 0 Å². The van der Waals surface area contributed by atoms with Gasteiger partial charge >= 0.3 is 0 Å². The number of rotatable bonds is 8. The fraction of sp³-hybridized carbons (Fsp3) is 1.00. The van der Waals surface area contributed by atoms with Gasteiger partial charge in [-0.25, -0.2) is 0 Å². The molecule has 1 aliphatic carbocycles. The van der Waals surface area contributed by atoms with E-state index in [1.807, 2.05) is 7.11 Å². The van der Waals surface area contributed by atoms with Crippen molar-refractivity contribution in [1.82, 2.24) is 0 Å². The maximum absolute atomic E-state index is 6.26. The summed E-state index contributed by atoms with van der Waals surface area (Å²) in [6, 6.07) is 2.83. The van der Waals surface area contributed by atoms with E-state index < -0.39 is 8.32 Å². The van der Waals surface area contributed by atoms with Gasteiger partial charge in [-0.1, -0.05) is 72.1 Å². The molecule has 0 aromatic carbocycles. The predicted molar refractivity (Wildman–Crippen MR) is 83.6 cm³/mol. The molecule has 0 aromatic rings. The van der Waals surface area contributed by atoms with Crippen LogP contribution in [0.2, 0.25) is 17.6 Å². The topological polar surface area (TPSA) is 9.23 Å². The molecule has 0 aromatic heterocycles. The summed E-state index contributed by atoms with van der Waals surface area (Å²) in [5.41, 5.74) is 0.955. The van der Waals surface area contributed by atoms with Gasteiger partial charge in [-0.3, -0.25) is 0 Å². The molecule has 0 N–H and O–H groups in total. The minimum atomic E-state index is -1.44. The Morgan fingerprint density at radius 1 is 0.944 bits per heavy atom. The fourth-order valence-electron chi connectivity index (χ4n) is 3.64. The molecule has 0 radical (unpaired) electrons. The third kappa shape index (κ3) is 4.38. The summed E-state index contributed by atoms with van der Waals surface area (Å²) < 4.78 is 6.26. The van der Waals surface area contributed by atoms with E-state index in [4.69, 9.17) is 4.43 Å². The highest BCUT2D eigenvalue weighted by molar-refractivity contribution is 6.75. The molecule has 0 amide bonds. The average molecular weight is 271 g/mol. The minimum Gasteiger partial charge on any atom is -0.420 e. The first-order valence-electron chi connectivity index (χ1n) is 8.23. The Hall–Kier alpha value is 0.177. The first kappa shape index (κ1) is 16.2. The van der Waals surface area contributed by atoms with E-state index in [2.05, 4.69) is 20.8 Å². The molecule has 0 aliphatic heterocycles. The molecule has 1 saturated carbocycles. The highest BCUT2D eigenvalue weighted by atomic mass is 28.4. The average Bonchev–Trinajstić information content (AvgIpc) is 2.41. The van der Waals surface area contributed by atoms with Crippen molar-refractivity contribution in [2.24, 2.45) is 5.92 Å². The van der Waals surface area contributed by atoms with Gasteiger partial charge in [0.1, 0.15) is 0 Å². The molecule has 1 nitrogen and oxygen atoms in total. The summed E-state index contributed by atoms with van der Waals surface area (Å²) in [7, 11) is 0.583. The normalized spacial score (nSPS) is 25.3. The van der Waals surface area contributed by atoms with Crippen LogP contribution in [-0.4, -0.2) is 15.4 Å². The highest BCUT2D eigenvalue weighted by Crippen LogP contribution is 2.44. The van der Waals surface area contributed by atoms with Crippen LogP contribution in [0.4, 0.5) is 0 Å². The van der Waals surface area contributed by atoms with Crippen LogP contribution in [-0.2, 0) is 4.43 Å². The summed E-state index contributed by atoms with van der Waals surface area (Å²) in [4.78, 5) is 0. The SMILES string of the molecule is CCCC[Si](CCCC)(OC)C1CCC(C)CC1. The van der Waals surface area contributed by atoms with Gasteiger partial charge in [-0.15, -0.1) is 0 Å². The van der Waals surface area contributed by atoms with Crippen LogP contribution < -0.4 is 0 Å². The van der Waals surface area contributed by atoms with E-state index in [1.165, 1.54) is 63.5 Å². The summed E-state index contributed by atoms with van der Waals surface area (Å²) in [6.07, 6.45) is 11.2. The molecule has 0 heterocycles. The molecule has 1 aliphatic rings. The third-order valence-corrected chi connectivity index (χ3v) is 10.4. The van der Waals surface area contributed by atoms with Gasteiger partial charge in [0, 0.05) is 7.11 Å². The molecule has 1 fully saturated rings. The maximum Gasteiger partial charge on any atom is 0.195 e. The molecule has 0 unspecified atom stereocenters. The molecule has 0 atom stereocenters. The second-order valence-corrected chi connectivity index (χ2v) is 10.8. The zero-order valence-electron chi connectivity index (χ0n) is 13.1. The quantitative estimate of drug-likeness (QED) is 0.510. The third-order valence-electron chi connectivity index (χ3n) is 5.07. The molecule has 0 bridgehead atoms. The van der Waals surface area contributed by atoms with E-state index in [-0.39, 0.29) is 0 Å². The predicted octanol–water partition coefficient (Wildman–Crippen LogP) is 5.76. The minimum absolute atomic E-state index is 0.955. The van der Waals surface area contributed by atoms with Crippen LogP contribution in [0.5, 0.6) is 0 Å². The van der Waals surface area contributed by atoms with Crippen LogP contribution in [0.25, 0.3) is 0 Å². The van der Waals surface area contributed by atoms with Crippen LogP contribution >= 0.6 is 0 Å². The van der Waals surface area contributed by atoms with Gasteiger partial charge in [0.05, 0.1) is 0 Å². The van der Waals surface area contributed by atoms with E-state index in [9.17, 15) is 0 Å². The Bertz CT molecular complexity index is 201. The Labute approximate surface area is 116 Å². The Balaban J connectivity index is 2.66. The van der Waals surface area contributed by atoms with Crippen LogP contribution in [0.15, 0.2) is 0 Å². The lowest BCUT2D eigenvalue weighted by Crippen LogP contribution is -2.43. The van der Waals surface area contributed by atoms with E-state index >= 15 is 0 Å². The Morgan fingerprint density at radius 2 is 1.44 bits per heavy atom. The van der Waals surface area contributed by atoms with Crippen molar-refractivity contribution in [1.29, 1.82) is 0 Å². The summed E-state index contributed by atoms with van der Waals surface area (Å²) >= 11 is 0. The molecule has 1 rings (SSSR count). The summed E-state index contributed by atoms with van der Waals surface area (Å²) in [5, 5.41) is 0. The van der Waals surface area contributed by atoms with Crippen LogP contribution in [0.1, 0.15) is 72.1 Å². The first-order valence-corrected chi connectivity index (χ1v) is 10.6. The largest absolute Gasteiger partial charge is 0.420 e. The molecular weight excluding hydrogens is 236 g/mol. The van der Waals surface area contributed by atoms with Gasteiger partial charge in [0.25, 0.3) is 0 Å². The number of hydrogen-bond donors (Lipinski definition) is 0. The lowest BCUT2D eigenvalue weighted by atomic mass is 9.90. The van der Waals surface area contributed by atoms with Crippen molar-refractivity contribution in [3.05, 3.63) is 0 Å². The van der Waals surface area contributed by atoms with Crippen molar-refractivity contribution in [2.45, 2.75) is 89.8 Å². The number of hydrogen-bond acceptors (Lipinski definition) is 1. The fourth-order valence-corrected chi connectivity index (χ4v) is 8.74. The lowest BCUT2D eigenvalue weighted by molar-refractivity contribution is 0.317. The monoisotopic (exact) mass is 270 g/mol. The van der Waals surface area contributed by atoms with Crippen molar-refractivity contribution < 1.29 is 4.43 Å². The second-order valence-electron chi connectivity index (χ2n) is 6.43. The van der Waals surface area contributed by atoms with Gasteiger partial charge < -0.3 is 4.43 Å². The van der Waals surface area contributed by atoms with E-state index in [1.54, 1.807) is 0 Å². The Morgan fingerprint density at radius 3 is 1.83 bits per heavy atom. The van der Waals surface area contributed by atoms with Gasteiger partial charge in [-0.2, -0.15) is 0 Å². The van der Waals surface area contributed by atoms with Crippen molar-refractivity contribution in [2.75, 3.05) is 7.11 Å². The van der Waals surface area contributed by atoms with Gasteiger partial charge in [-0.05, 0) is 23.5 Å². The first-order chi connectivity index (χ1) is 8.68. The van der Waals surface area contributed by atoms with E-state index in [0.717, 1.165) is 11.5 Å². The zero-order valence-corrected chi connectivity index (χ0v) is 14.1. The van der Waals surface area contributed by atoms with Gasteiger partial charge in [0.2, 0.25) is 0 Å². The molecular formula is C16H34OSi. The maximum atomic E-state index is 6.26. The zero-order chi connectivity index (χ0) is 13.4. The lowest BCUT2D eigenvalue weighted by Gasteiger charge is -2.41. The van der Waals surface area contributed by atoms with E-state index in [0.29, 0.717) is 0 Å². The molecule has 0 saturated heterocycles. The second kappa shape index (κ2) is 8.37. The molecule has 108 valence electrons. The molecule has 18 heavy (non-hydrogen) atoms.